The van der Waals surface area contributed by atoms with Gasteiger partial charge in [-0.15, -0.1) is 0 Å². The molecule has 29 heavy (non-hydrogen) atoms. The van der Waals surface area contributed by atoms with Crippen LogP contribution in [-0.2, 0) is 22.7 Å². The Morgan fingerprint density at radius 1 is 1.14 bits per heavy atom. The van der Waals surface area contributed by atoms with Crippen molar-refractivity contribution < 1.29 is 9.53 Å². The molecule has 0 aliphatic heterocycles. The predicted octanol–water partition coefficient (Wildman–Crippen LogP) is 6.58. The number of aromatic nitrogens is 2. The van der Waals surface area contributed by atoms with Crippen molar-refractivity contribution in [2.45, 2.75) is 49.8 Å². The third-order valence-corrected chi connectivity index (χ3v) is 5.90. The second-order valence-electron chi connectivity index (χ2n) is 6.98. The number of pyridine rings is 1. The Bertz CT molecular complexity index is 983. The van der Waals surface area contributed by atoms with Crippen LogP contribution in [0, 0.1) is 0 Å². The maximum Gasteiger partial charge on any atom is 0.303 e. The first kappa shape index (κ1) is 21.8. The van der Waals surface area contributed by atoms with E-state index >= 15 is 0 Å². The quantitative estimate of drug-likeness (QED) is 0.383. The fraction of sp³-hybridized carbons (Fsp3) is 0.273. The first-order valence-electron chi connectivity index (χ1n) is 9.22. The highest BCUT2D eigenvalue weighted by molar-refractivity contribution is 7.99. The standard InChI is InChI=1S/C22H22Cl2N2O2S/c1-14(2)21-11-19(13-28-15(3)27)26(12-16-4-6-25-7-5-16)22(21)29-20-9-17(23)8-18(24)10-20/h4-11,14H,12-13H2,1-3H3. The molecule has 0 saturated carbocycles. The van der Waals surface area contributed by atoms with Crippen LogP contribution in [0.1, 0.15) is 43.5 Å². The number of ether oxygens (including phenoxy) is 1. The third-order valence-electron chi connectivity index (χ3n) is 4.35. The van der Waals surface area contributed by atoms with E-state index in [2.05, 4.69) is 29.5 Å². The summed E-state index contributed by atoms with van der Waals surface area (Å²) in [5.41, 5.74) is 3.24. The largest absolute Gasteiger partial charge is 0.459 e. The van der Waals surface area contributed by atoms with E-state index in [1.165, 1.54) is 12.5 Å². The van der Waals surface area contributed by atoms with Crippen LogP contribution in [-0.4, -0.2) is 15.5 Å². The molecule has 0 amide bonds. The molecule has 0 aliphatic rings. The van der Waals surface area contributed by atoms with Crippen molar-refractivity contribution >= 4 is 40.9 Å². The molecule has 0 saturated heterocycles. The molecule has 0 N–H and O–H groups in total. The van der Waals surface area contributed by atoms with Crippen molar-refractivity contribution in [1.29, 1.82) is 0 Å². The van der Waals surface area contributed by atoms with Crippen molar-refractivity contribution in [3.63, 3.8) is 0 Å². The molecular formula is C22H22Cl2N2O2S. The second kappa shape index (κ2) is 9.70. The molecule has 0 spiro atoms. The average molecular weight is 449 g/mol. The van der Waals surface area contributed by atoms with Gasteiger partial charge < -0.3 is 9.30 Å². The normalized spacial score (nSPS) is 11.1. The summed E-state index contributed by atoms with van der Waals surface area (Å²) in [6.45, 7) is 6.58. The van der Waals surface area contributed by atoms with Gasteiger partial charge >= 0.3 is 5.97 Å². The lowest BCUT2D eigenvalue weighted by atomic mass is 10.1. The second-order valence-corrected chi connectivity index (χ2v) is 8.92. The maximum atomic E-state index is 11.4. The van der Waals surface area contributed by atoms with E-state index in [4.69, 9.17) is 27.9 Å². The number of esters is 1. The van der Waals surface area contributed by atoms with Crippen molar-refractivity contribution in [2.24, 2.45) is 0 Å². The Labute approximate surface area is 185 Å². The van der Waals surface area contributed by atoms with E-state index in [1.54, 1.807) is 30.2 Å². The zero-order valence-electron chi connectivity index (χ0n) is 16.5. The van der Waals surface area contributed by atoms with Crippen LogP contribution in [0.25, 0.3) is 0 Å². The highest BCUT2D eigenvalue weighted by Crippen LogP contribution is 2.39. The van der Waals surface area contributed by atoms with Gasteiger partial charge in [-0.1, -0.05) is 48.8 Å². The topological polar surface area (TPSA) is 44.1 Å². The number of hydrogen-bond donors (Lipinski definition) is 0. The molecule has 0 unspecified atom stereocenters. The minimum Gasteiger partial charge on any atom is -0.459 e. The van der Waals surface area contributed by atoms with Crippen molar-refractivity contribution in [3.05, 3.63) is 75.7 Å². The van der Waals surface area contributed by atoms with Crippen LogP contribution < -0.4 is 0 Å². The van der Waals surface area contributed by atoms with E-state index in [0.29, 0.717) is 22.5 Å². The highest BCUT2D eigenvalue weighted by atomic mass is 35.5. The van der Waals surface area contributed by atoms with E-state index in [9.17, 15) is 4.79 Å². The number of halogens is 2. The molecule has 152 valence electrons. The van der Waals surface area contributed by atoms with Crippen LogP contribution in [0.2, 0.25) is 10.0 Å². The van der Waals surface area contributed by atoms with Crippen molar-refractivity contribution in [2.75, 3.05) is 0 Å². The van der Waals surface area contributed by atoms with Gasteiger partial charge in [-0.3, -0.25) is 9.78 Å². The maximum absolute atomic E-state index is 11.4. The number of carbonyl (C=O) groups is 1. The van der Waals surface area contributed by atoms with Gasteiger partial charge in [-0.25, -0.2) is 0 Å². The van der Waals surface area contributed by atoms with E-state index in [1.807, 2.05) is 24.3 Å². The smallest absolute Gasteiger partial charge is 0.303 e. The molecule has 0 radical (unpaired) electrons. The summed E-state index contributed by atoms with van der Waals surface area (Å²) in [5.74, 6) is -0.00879. The summed E-state index contributed by atoms with van der Waals surface area (Å²) in [6.07, 6.45) is 3.55. The Morgan fingerprint density at radius 2 is 1.79 bits per heavy atom. The summed E-state index contributed by atoms with van der Waals surface area (Å²) >= 11 is 14.0. The number of benzene rings is 1. The molecule has 2 heterocycles. The van der Waals surface area contributed by atoms with Gasteiger partial charge in [0, 0.05) is 40.8 Å². The lowest BCUT2D eigenvalue weighted by Gasteiger charge is -2.16. The number of hydrogen-bond acceptors (Lipinski definition) is 4. The minimum absolute atomic E-state index is 0.219. The average Bonchev–Trinajstić information content (AvgIpc) is 2.97. The Balaban J connectivity index is 2.08. The Kier molecular flexibility index (Phi) is 7.28. The molecule has 0 atom stereocenters. The third kappa shape index (κ3) is 5.78. The van der Waals surface area contributed by atoms with E-state index in [-0.39, 0.29) is 12.6 Å². The highest BCUT2D eigenvalue weighted by Gasteiger charge is 2.20. The van der Waals surface area contributed by atoms with Crippen molar-refractivity contribution in [3.8, 4) is 0 Å². The molecule has 0 fully saturated rings. The molecule has 7 heteroatoms. The predicted molar refractivity (Wildman–Crippen MR) is 118 cm³/mol. The monoisotopic (exact) mass is 448 g/mol. The summed E-state index contributed by atoms with van der Waals surface area (Å²) in [7, 11) is 0. The fourth-order valence-electron chi connectivity index (χ4n) is 2.97. The van der Waals surface area contributed by atoms with Gasteiger partial charge in [0.2, 0.25) is 0 Å². The molecule has 3 aromatic rings. The van der Waals surface area contributed by atoms with Gasteiger partial charge in [0.05, 0.1) is 10.7 Å². The van der Waals surface area contributed by atoms with Crippen LogP contribution >= 0.6 is 35.0 Å². The first-order valence-corrected chi connectivity index (χ1v) is 10.8. The van der Waals surface area contributed by atoms with Crippen LogP contribution in [0.5, 0.6) is 0 Å². The number of carbonyl (C=O) groups excluding carboxylic acids is 1. The van der Waals surface area contributed by atoms with Crippen LogP contribution in [0.4, 0.5) is 0 Å². The van der Waals surface area contributed by atoms with Crippen LogP contribution in [0.15, 0.2) is 58.7 Å². The zero-order valence-corrected chi connectivity index (χ0v) is 18.8. The van der Waals surface area contributed by atoms with Gasteiger partial charge in [0.25, 0.3) is 0 Å². The van der Waals surface area contributed by atoms with Crippen LogP contribution in [0.3, 0.4) is 0 Å². The van der Waals surface area contributed by atoms with E-state index in [0.717, 1.165) is 21.2 Å². The van der Waals surface area contributed by atoms with Crippen molar-refractivity contribution in [1.82, 2.24) is 9.55 Å². The minimum atomic E-state index is -0.302. The lowest BCUT2D eigenvalue weighted by Crippen LogP contribution is -2.09. The summed E-state index contributed by atoms with van der Waals surface area (Å²) in [4.78, 5) is 16.5. The molecule has 1 aromatic carbocycles. The molecular weight excluding hydrogens is 427 g/mol. The number of nitrogens with zero attached hydrogens (tertiary/aromatic N) is 2. The van der Waals surface area contributed by atoms with Gasteiger partial charge in [-0.2, -0.15) is 0 Å². The zero-order chi connectivity index (χ0) is 21.0. The Morgan fingerprint density at radius 3 is 2.38 bits per heavy atom. The SMILES string of the molecule is CC(=O)OCc1cc(C(C)C)c(Sc2cc(Cl)cc(Cl)c2)n1Cc1ccncc1. The van der Waals surface area contributed by atoms with E-state index < -0.39 is 0 Å². The van der Waals surface area contributed by atoms with Gasteiger partial charge in [-0.05, 0) is 53.4 Å². The molecule has 0 bridgehead atoms. The number of rotatable bonds is 7. The summed E-state index contributed by atoms with van der Waals surface area (Å²) in [5, 5.41) is 2.27. The first-order chi connectivity index (χ1) is 13.8. The summed E-state index contributed by atoms with van der Waals surface area (Å²) in [6, 6.07) is 11.6. The molecule has 4 nitrogen and oxygen atoms in total. The lowest BCUT2D eigenvalue weighted by molar-refractivity contribution is -0.142. The van der Waals surface area contributed by atoms with Gasteiger partial charge in [0.15, 0.2) is 0 Å². The fourth-order valence-corrected chi connectivity index (χ4v) is 4.93. The van der Waals surface area contributed by atoms with Gasteiger partial charge in [0.1, 0.15) is 6.61 Å². The summed E-state index contributed by atoms with van der Waals surface area (Å²) < 4.78 is 7.51. The Hall–Kier alpha value is -1.95. The molecule has 0 aliphatic carbocycles. The molecule has 2 aromatic heterocycles. The molecule has 3 rings (SSSR count).